The Hall–Kier alpha value is -1.63. The maximum atomic E-state index is 11.7. The van der Waals surface area contributed by atoms with Crippen LogP contribution in [0.5, 0.6) is 0 Å². The highest BCUT2D eigenvalue weighted by Crippen LogP contribution is 2.01. The molecule has 7 nitrogen and oxygen atoms in total. The normalized spacial score (nSPS) is 15.8. The lowest BCUT2D eigenvalue weighted by molar-refractivity contribution is -0.130. The van der Waals surface area contributed by atoms with Crippen molar-refractivity contribution in [2.45, 2.75) is 26.7 Å². The first kappa shape index (κ1) is 16.4. The molecule has 1 aliphatic rings. The lowest BCUT2D eigenvalue weighted by Crippen LogP contribution is -2.51. The van der Waals surface area contributed by atoms with Crippen molar-refractivity contribution in [1.29, 1.82) is 0 Å². The number of rotatable bonds is 5. The fourth-order valence-electron chi connectivity index (χ4n) is 2.01. The second-order valence-electron chi connectivity index (χ2n) is 4.94. The van der Waals surface area contributed by atoms with Gasteiger partial charge in [0, 0.05) is 39.6 Å². The molecular weight excluding hydrogens is 260 g/mol. The minimum Gasteiger partial charge on any atom is -0.340 e. The summed E-state index contributed by atoms with van der Waals surface area (Å²) < 4.78 is 0. The molecule has 1 heterocycles. The van der Waals surface area contributed by atoms with Gasteiger partial charge in [0.05, 0.1) is 6.54 Å². The lowest BCUT2D eigenvalue weighted by atomic mass is 10.3. The van der Waals surface area contributed by atoms with E-state index in [2.05, 4.69) is 10.6 Å². The highest BCUT2D eigenvalue weighted by Gasteiger charge is 2.20. The summed E-state index contributed by atoms with van der Waals surface area (Å²) in [5.41, 5.74) is 0. The number of hydrogen-bond acceptors (Lipinski definition) is 4. The Labute approximate surface area is 119 Å². The third-order valence-electron chi connectivity index (χ3n) is 3.25. The monoisotopic (exact) mass is 284 g/mol. The number of urea groups is 1. The number of imide groups is 1. The summed E-state index contributed by atoms with van der Waals surface area (Å²) >= 11 is 0. The van der Waals surface area contributed by atoms with Crippen LogP contribution in [0.25, 0.3) is 0 Å². The van der Waals surface area contributed by atoms with Gasteiger partial charge in [-0.3, -0.25) is 19.8 Å². The zero-order chi connectivity index (χ0) is 15.0. The Bertz CT molecular complexity index is 352. The summed E-state index contributed by atoms with van der Waals surface area (Å²) in [5.74, 6) is -0.250. The fraction of sp³-hybridized carbons (Fsp3) is 0.769. The fourth-order valence-corrected chi connectivity index (χ4v) is 2.01. The van der Waals surface area contributed by atoms with Gasteiger partial charge in [0.25, 0.3) is 0 Å². The van der Waals surface area contributed by atoms with E-state index in [1.807, 2.05) is 11.8 Å². The topological polar surface area (TPSA) is 81.8 Å². The van der Waals surface area contributed by atoms with Crippen LogP contribution in [-0.2, 0) is 9.59 Å². The van der Waals surface area contributed by atoms with Crippen LogP contribution in [-0.4, -0.2) is 66.9 Å². The first-order chi connectivity index (χ1) is 9.52. The van der Waals surface area contributed by atoms with Crippen molar-refractivity contribution in [2.75, 3.05) is 39.3 Å². The number of carbonyl (C=O) groups is 3. The Kier molecular flexibility index (Phi) is 7.00. The molecule has 0 radical (unpaired) electrons. The molecule has 0 aromatic carbocycles. The van der Waals surface area contributed by atoms with Crippen LogP contribution >= 0.6 is 0 Å². The minimum atomic E-state index is -0.439. The SMILES string of the molecule is CCCCNC(=O)NC(=O)CN1CCN(C(C)=O)CC1. The van der Waals surface area contributed by atoms with E-state index in [1.54, 1.807) is 11.8 Å². The van der Waals surface area contributed by atoms with Gasteiger partial charge in [-0.25, -0.2) is 4.79 Å². The molecule has 0 spiro atoms. The number of piperazine rings is 1. The van der Waals surface area contributed by atoms with Gasteiger partial charge >= 0.3 is 6.03 Å². The molecule has 1 aliphatic heterocycles. The standard InChI is InChI=1S/C13H24N4O3/c1-3-4-5-14-13(20)15-12(19)10-16-6-8-17(9-7-16)11(2)18/h3-10H2,1-2H3,(H2,14,15,19,20). The van der Waals surface area contributed by atoms with E-state index in [9.17, 15) is 14.4 Å². The molecule has 1 saturated heterocycles. The molecular formula is C13H24N4O3. The quantitative estimate of drug-likeness (QED) is 0.684. The summed E-state index contributed by atoms with van der Waals surface area (Å²) in [6.45, 7) is 6.92. The highest BCUT2D eigenvalue weighted by molar-refractivity contribution is 5.95. The summed E-state index contributed by atoms with van der Waals surface area (Å²) in [4.78, 5) is 37.9. The maximum absolute atomic E-state index is 11.7. The average Bonchev–Trinajstić information content (AvgIpc) is 2.39. The largest absolute Gasteiger partial charge is 0.340 e. The molecule has 4 amide bonds. The Morgan fingerprint density at radius 1 is 1.10 bits per heavy atom. The molecule has 0 atom stereocenters. The first-order valence-corrected chi connectivity index (χ1v) is 7.08. The molecule has 1 rings (SSSR count). The number of amides is 4. The van der Waals surface area contributed by atoms with E-state index in [-0.39, 0.29) is 18.4 Å². The number of unbranched alkanes of at least 4 members (excludes halogenated alkanes) is 1. The highest BCUT2D eigenvalue weighted by atomic mass is 16.2. The molecule has 7 heteroatoms. The van der Waals surface area contributed by atoms with Gasteiger partial charge in [-0.1, -0.05) is 13.3 Å². The van der Waals surface area contributed by atoms with Crippen LogP contribution in [0.3, 0.4) is 0 Å². The van der Waals surface area contributed by atoms with Crippen LogP contribution in [0.15, 0.2) is 0 Å². The van der Waals surface area contributed by atoms with Crippen molar-refractivity contribution in [2.24, 2.45) is 0 Å². The molecule has 0 aromatic heterocycles. The van der Waals surface area contributed by atoms with Gasteiger partial charge < -0.3 is 10.2 Å². The third kappa shape index (κ3) is 6.01. The van der Waals surface area contributed by atoms with Crippen LogP contribution in [0.4, 0.5) is 4.79 Å². The van der Waals surface area contributed by atoms with Crippen molar-refractivity contribution in [3.05, 3.63) is 0 Å². The Balaban J connectivity index is 2.20. The summed E-state index contributed by atoms with van der Waals surface area (Å²) in [5, 5.41) is 4.94. The van der Waals surface area contributed by atoms with Crippen molar-refractivity contribution >= 4 is 17.8 Å². The lowest BCUT2D eigenvalue weighted by Gasteiger charge is -2.33. The molecule has 1 fully saturated rings. The number of nitrogens with zero attached hydrogens (tertiary/aromatic N) is 2. The number of nitrogens with one attached hydrogen (secondary N) is 2. The Morgan fingerprint density at radius 3 is 2.30 bits per heavy atom. The molecule has 0 saturated carbocycles. The van der Waals surface area contributed by atoms with Crippen LogP contribution in [0, 0.1) is 0 Å². The molecule has 0 bridgehead atoms. The van der Waals surface area contributed by atoms with E-state index in [1.165, 1.54) is 0 Å². The molecule has 2 N–H and O–H groups in total. The van der Waals surface area contributed by atoms with E-state index in [0.29, 0.717) is 32.7 Å². The van der Waals surface area contributed by atoms with E-state index < -0.39 is 6.03 Å². The van der Waals surface area contributed by atoms with Gasteiger partial charge in [0.2, 0.25) is 11.8 Å². The zero-order valence-corrected chi connectivity index (χ0v) is 12.3. The van der Waals surface area contributed by atoms with Gasteiger partial charge in [-0.15, -0.1) is 0 Å². The van der Waals surface area contributed by atoms with Crippen molar-refractivity contribution in [3.63, 3.8) is 0 Å². The zero-order valence-electron chi connectivity index (χ0n) is 12.3. The van der Waals surface area contributed by atoms with Crippen molar-refractivity contribution in [1.82, 2.24) is 20.4 Å². The summed E-state index contributed by atoms with van der Waals surface area (Å²) in [6.07, 6.45) is 1.89. The van der Waals surface area contributed by atoms with Crippen LogP contribution in [0.1, 0.15) is 26.7 Å². The van der Waals surface area contributed by atoms with Gasteiger partial charge in [-0.05, 0) is 6.42 Å². The second kappa shape index (κ2) is 8.52. The predicted octanol–water partition coefficient (Wildman–Crippen LogP) is -0.224. The molecule has 114 valence electrons. The first-order valence-electron chi connectivity index (χ1n) is 7.08. The molecule has 0 aromatic rings. The van der Waals surface area contributed by atoms with Gasteiger partial charge in [-0.2, -0.15) is 0 Å². The van der Waals surface area contributed by atoms with Crippen molar-refractivity contribution < 1.29 is 14.4 Å². The molecule has 0 aliphatic carbocycles. The number of hydrogen-bond donors (Lipinski definition) is 2. The summed E-state index contributed by atoms with van der Waals surface area (Å²) in [6, 6.07) is -0.439. The van der Waals surface area contributed by atoms with E-state index in [0.717, 1.165) is 12.8 Å². The molecule has 0 unspecified atom stereocenters. The van der Waals surface area contributed by atoms with E-state index >= 15 is 0 Å². The Morgan fingerprint density at radius 2 is 1.75 bits per heavy atom. The van der Waals surface area contributed by atoms with Crippen LogP contribution in [0.2, 0.25) is 0 Å². The smallest absolute Gasteiger partial charge is 0.321 e. The number of carbonyl (C=O) groups excluding carboxylic acids is 3. The van der Waals surface area contributed by atoms with Crippen molar-refractivity contribution in [3.8, 4) is 0 Å². The third-order valence-corrected chi connectivity index (χ3v) is 3.25. The predicted molar refractivity (Wildman–Crippen MR) is 75.1 cm³/mol. The van der Waals surface area contributed by atoms with Gasteiger partial charge in [0.15, 0.2) is 0 Å². The van der Waals surface area contributed by atoms with Gasteiger partial charge in [0.1, 0.15) is 0 Å². The maximum Gasteiger partial charge on any atom is 0.321 e. The second-order valence-corrected chi connectivity index (χ2v) is 4.94. The van der Waals surface area contributed by atoms with E-state index in [4.69, 9.17) is 0 Å². The minimum absolute atomic E-state index is 0.0596. The molecule has 20 heavy (non-hydrogen) atoms. The average molecular weight is 284 g/mol. The van der Waals surface area contributed by atoms with Crippen LogP contribution < -0.4 is 10.6 Å². The summed E-state index contributed by atoms with van der Waals surface area (Å²) in [7, 11) is 0.